The second-order valence-corrected chi connectivity index (χ2v) is 10.2. The van der Waals surface area contributed by atoms with Gasteiger partial charge in [-0.3, -0.25) is 0 Å². The predicted molar refractivity (Wildman–Crippen MR) is 167 cm³/mol. The zero-order chi connectivity index (χ0) is 25.8. The standard InChI is InChI=1S/C38H25N/c1-2-14-28(15-3-1)39-37(35-24-26-12-4-6-16-29(26)31-18-8-10-20-33(31)35)22-23-38(39)36-25-27-13-5-7-17-30(27)32-19-9-11-21-34(32)36/h1-25H. The fourth-order valence-electron chi connectivity index (χ4n) is 6.24. The number of benzene rings is 7. The molecule has 0 spiro atoms. The summed E-state index contributed by atoms with van der Waals surface area (Å²) in [6, 6.07) is 55.0. The zero-order valence-corrected chi connectivity index (χ0v) is 21.4. The topological polar surface area (TPSA) is 4.93 Å². The summed E-state index contributed by atoms with van der Waals surface area (Å²) in [6.07, 6.45) is 0. The van der Waals surface area contributed by atoms with Crippen LogP contribution in [-0.2, 0) is 0 Å². The lowest BCUT2D eigenvalue weighted by Crippen LogP contribution is -2.00. The average Bonchev–Trinajstić information content (AvgIpc) is 3.45. The van der Waals surface area contributed by atoms with Gasteiger partial charge >= 0.3 is 0 Å². The highest BCUT2D eigenvalue weighted by Crippen LogP contribution is 2.41. The fraction of sp³-hybridized carbons (Fsp3) is 0. The van der Waals surface area contributed by atoms with Gasteiger partial charge in [0.2, 0.25) is 0 Å². The highest BCUT2D eigenvalue weighted by Gasteiger charge is 2.19. The van der Waals surface area contributed by atoms with Crippen LogP contribution in [-0.4, -0.2) is 4.57 Å². The van der Waals surface area contributed by atoms with E-state index in [0.29, 0.717) is 0 Å². The van der Waals surface area contributed by atoms with Crippen LogP contribution in [0.4, 0.5) is 0 Å². The van der Waals surface area contributed by atoms with Crippen LogP contribution >= 0.6 is 0 Å². The van der Waals surface area contributed by atoms with Crippen LogP contribution in [0.1, 0.15) is 0 Å². The van der Waals surface area contributed by atoms with Crippen molar-refractivity contribution in [3.8, 4) is 28.2 Å². The molecule has 8 aromatic rings. The summed E-state index contributed by atoms with van der Waals surface area (Å²) < 4.78 is 2.44. The minimum atomic E-state index is 1.15. The van der Waals surface area contributed by atoms with Crippen molar-refractivity contribution in [1.29, 1.82) is 0 Å². The third-order valence-electron chi connectivity index (χ3n) is 7.98. The summed E-state index contributed by atoms with van der Waals surface area (Å²) in [5, 5.41) is 10.2. The molecule has 0 aliphatic rings. The van der Waals surface area contributed by atoms with Gasteiger partial charge in [-0.2, -0.15) is 0 Å². The second-order valence-electron chi connectivity index (χ2n) is 10.2. The fourth-order valence-corrected chi connectivity index (χ4v) is 6.24. The molecule has 1 heterocycles. The van der Waals surface area contributed by atoms with Crippen molar-refractivity contribution in [3.63, 3.8) is 0 Å². The smallest absolute Gasteiger partial charge is 0.0541 e. The molecular weight excluding hydrogens is 470 g/mol. The van der Waals surface area contributed by atoms with Gasteiger partial charge in [0, 0.05) is 16.8 Å². The van der Waals surface area contributed by atoms with E-state index >= 15 is 0 Å². The van der Waals surface area contributed by atoms with Crippen molar-refractivity contribution >= 4 is 43.1 Å². The Labute approximate surface area is 227 Å². The van der Waals surface area contributed by atoms with Crippen molar-refractivity contribution < 1.29 is 0 Å². The van der Waals surface area contributed by atoms with E-state index in [1.165, 1.54) is 65.6 Å². The van der Waals surface area contributed by atoms with E-state index < -0.39 is 0 Å². The maximum atomic E-state index is 2.44. The van der Waals surface area contributed by atoms with Crippen LogP contribution in [0.5, 0.6) is 0 Å². The number of hydrogen-bond donors (Lipinski definition) is 0. The average molecular weight is 496 g/mol. The monoisotopic (exact) mass is 495 g/mol. The summed E-state index contributed by atoms with van der Waals surface area (Å²) in [7, 11) is 0. The maximum absolute atomic E-state index is 2.44. The van der Waals surface area contributed by atoms with Gasteiger partial charge in [0.1, 0.15) is 0 Å². The van der Waals surface area contributed by atoms with Crippen LogP contribution in [0.2, 0.25) is 0 Å². The van der Waals surface area contributed by atoms with Crippen molar-refractivity contribution in [1.82, 2.24) is 4.57 Å². The van der Waals surface area contributed by atoms with Gasteiger partial charge in [0.05, 0.1) is 11.4 Å². The molecule has 0 atom stereocenters. The molecule has 1 nitrogen and oxygen atoms in total. The Bertz CT molecular complexity index is 2030. The Kier molecular flexibility index (Phi) is 4.89. The van der Waals surface area contributed by atoms with Crippen LogP contribution in [0.25, 0.3) is 71.3 Å². The highest BCUT2D eigenvalue weighted by molar-refractivity contribution is 6.15. The van der Waals surface area contributed by atoms with Crippen LogP contribution in [0.15, 0.2) is 152 Å². The Balaban J connectivity index is 1.50. The van der Waals surface area contributed by atoms with E-state index in [0.717, 1.165) is 5.69 Å². The van der Waals surface area contributed by atoms with Gasteiger partial charge < -0.3 is 4.57 Å². The molecule has 0 fully saturated rings. The van der Waals surface area contributed by atoms with Gasteiger partial charge in [-0.25, -0.2) is 0 Å². The van der Waals surface area contributed by atoms with E-state index in [1.54, 1.807) is 0 Å². The summed E-state index contributed by atoms with van der Waals surface area (Å²) in [4.78, 5) is 0. The molecule has 1 aromatic heterocycles. The third kappa shape index (κ3) is 3.41. The first kappa shape index (κ1) is 21.9. The Morgan fingerprint density at radius 3 is 1.18 bits per heavy atom. The molecule has 0 aliphatic carbocycles. The lowest BCUT2D eigenvalue weighted by atomic mass is 9.95. The zero-order valence-electron chi connectivity index (χ0n) is 21.4. The first-order valence-corrected chi connectivity index (χ1v) is 13.5. The first-order valence-electron chi connectivity index (χ1n) is 13.5. The molecule has 0 saturated carbocycles. The number of hydrogen-bond acceptors (Lipinski definition) is 0. The van der Waals surface area contributed by atoms with E-state index in [4.69, 9.17) is 0 Å². The molecule has 182 valence electrons. The molecule has 0 radical (unpaired) electrons. The van der Waals surface area contributed by atoms with Gasteiger partial charge in [-0.05, 0) is 79.5 Å². The summed E-state index contributed by atoms with van der Waals surface area (Å²) >= 11 is 0. The molecule has 8 rings (SSSR count). The number of fused-ring (bicyclic) bond motifs is 6. The lowest BCUT2D eigenvalue weighted by molar-refractivity contribution is 1.10. The van der Waals surface area contributed by atoms with Gasteiger partial charge in [-0.15, -0.1) is 0 Å². The number of nitrogens with zero attached hydrogens (tertiary/aromatic N) is 1. The Hall–Kier alpha value is -5.14. The van der Waals surface area contributed by atoms with Crippen LogP contribution < -0.4 is 0 Å². The number of rotatable bonds is 3. The molecule has 0 saturated heterocycles. The summed E-state index contributed by atoms with van der Waals surface area (Å²) in [5.74, 6) is 0. The SMILES string of the molecule is c1ccc(-n2c(-c3cc4ccccc4c4ccccc34)ccc2-c2cc3ccccc3c3ccccc23)cc1. The minimum Gasteiger partial charge on any atom is -0.309 e. The third-order valence-corrected chi connectivity index (χ3v) is 7.98. The van der Waals surface area contributed by atoms with Crippen molar-refractivity contribution in [2.24, 2.45) is 0 Å². The molecule has 0 bridgehead atoms. The summed E-state index contributed by atoms with van der Waals surface area (Å²) in [6.45, 7) is 0. The second kappa shape index (κ2) is 8.72. The van der Waals surface area contributed by atoms with Gasteiger partial charge in [-0.1, -0.05) is 115 Å². The molecular formula is C38H25N. The number of aromatic nitrogens is 1. The molecule has 0 amide bonds. The molecule has 7 aromatic carbocycles. The van der Waals surface area contributed by atoms with E-state index in [-0.39, 0.29) is 0 Å². The van der Waals surface area contributed by atoms with E-state index in [2.05, 4.69) is 156 Å². The predicted octanol–water partition coefficient (Wildman–Crippen LogP) is 10.4. The molecule has 1 heteroatoms. The van der Waals surface area contributed by atoms with Crippen molar-refractivity contribution in [2.45, 2.75) is 0 Å². The first-order chi connectivity index (χ1) is 19.4. The molecule has 0 aliphatic heterocycles. The number of para-hydroxylation sites is 1. The van der Waals surface area contributed by atoms with E-state index in [9.17, 15) is 0 Å². The van der Waals surface area contributed by atoms with Gasteiger partial charge in [0.25, 0.3) is 0 Å². The van der Waals surface area contributed by atoms with Gasteiger partial charge in [0.15, 0.2) is 0 Å². The highest BCUT2D eigenvalue weighted by atomic mass is 15.0. The largest absolute Gasteiger partial charge is 0.309 e. The van der Waals surface area contributed by atoms with Crippen molar-refractivity contribution in [2.75, 3.05) is 0 Å². The van der Waals surface area contributed by atoms with Crippen LogP contribution in [0.3, 0.4) is 0 Å². The normalized spacial score (nSPS) is 11.6. The molecule has 39 heavy (non-hydrogen) atoms. The van der Waals surface area contributed by atoms with E-state index in [1.807, 2.05) is 0 Å². The molecule has 0 unspecified atom stereocenters. The Morgan fingerprint density at radius 1 is 0.308 bits per heavy atom. The minimum absolute atomic E-state index is 1.15. The van der Waals surface area contributed by atoms with Crippen LogP contribution in [0, 0.1) is 0 Å². The Morgan fingerprint density at radius 2 is 0.692 bits per heavy atom. The van der Waals surface area contributed by atoms with Crippen molar-refractivity contribution in [3.05, 3.63) is 152 Å². The quantitative estimate of drug-likeness (QED) is 0.215. The molecule has 0 N–H and O–H groups in total. The maximum Gasteiger partial charge on any atom is 0.0541 e. The summed E-state index contributed by atoms with van der Waals surface area (Å²) in [5.41, 5.74) is 6.02. The lowest BCUT2D eigenvalue weighted by Gasteiger charge is -2.18.